The standard InChI is InChI=1S/C15H22ClN3O3/c1-22-7-4-12(10-20)17-15(21)11-8-13(16)18-14(9-11)19-5-2-3-6-19/h8-9,12,20H,2-7,10H2,1H3,(H,17,21)/t12-/m1/s1. The second-order valence-electron chi connectivity index (χ2n) is 5.37. The Bertz CT molecular complexity index is 507. The molecule has 1 aromatic heterocycles. The molecule has 0 bridgehead atoms. The number of aromatic nitrogens is 1. The van der Waals surface area contributed by atoms with Crippen molar-refractivity contribution in [2.75, 3.05) is 38.3 Å². The highest BCUT2D eigenvalue weighted by Crippen LogP contribution is 2.22. The van der Waals surface area contributed by atoms with Crippen LogP contribution in [0.1, 0.15) is 29.6 Å². The molecule has 1 fully saturated rings. The number of carbonyl (C=O) groups excluding carboxylic acids is 1. The molecule has 0 spiro atoms. The fourth-order valence-electron chi connectivity index (χ4n) is 2.46. The number of hydrogen-bond acceptors (Lipinski definition) is 5. The van der Waals surface area contributed by atoms with E-state index in [1.54, 1.807) is 19.2 Å². The topological polar surface area (TPSA) is 74.7 Å². The van der Waals surface area contributed by atoms with Gasteiger partial charge in [0.05, 0.1) is 12.6 Å². The lowest BCUT2D eigenvalue weighted by molar-refractivity contribution is 0.0894. The van der Waals surface area contributed by atoms with Gasteiger partial charge in [-0.1, -0.05) is 11.6 Å². The maximum atomic E-state index is 12.3. The minimum Gasteiger partial charge on any atom is -0.394 e. The number of pyridine rings is 1. The number of nitrogens with one attached hydrogen (secondary N) is 1. The average Bonchev–Trinajstić information content (AvgIpc) is 3.05. The zero-order valence-electron chi connectivity index (χ0n) is 12.7. The highest BCUT2D eigenvalue weighted by molar-refractivity contribution is 6.29. The van der Waals surface area contributed by atoms with Crippen molar-refractivity contribution < 1.29 is 14.6 Å². The number of hydrogen-bond donors (Lipinski definition) is 2. The summed E-state index contributed by atoms with van der Waals surface area (Å²) in [5.74, 6) is 0.465. The quantitative estimate of drug-likeness (QED) is 0.742. The lowest BCUT2D eigenvalue weighted by Gasteiger charge is -2.19. The third kappa shape index (κ3) is 4.56. The average molecular weight is 328 g/mol. The summed E-state index contributed by atoms with van der Waals surface area (Å²) in [6.45, 7) is 2.21. The van der Waals surface area contributed by atoms with Crippen molar-refractivity contribution in [3.8, 4) is 0 Å². The number of anilines is 1. The smallest absolute Gasteiger partial charge is 0.251 e. The molecule has 1 aliphatic heterocycles. The number of nitrogens with zero attached hydrogens (tertiary/aromatic N) is 2. The molecule has 22 heavy (non-hydrogen) atoms. The maximum Gasteiger partial charge on any atom is 0.251 e. The third-order valence-corrected chi connectivity index (χ3v) is 3.89. The van der Waals surface area contributed by atoms with Crippen LogP contribution in [0.4, 0.5) is 5.82 Å². The summed E-state index contributed by atoms with van der Waals surface area (Å²) in [6, 6.07) is 2.95. The molecule has 0 saturated carbocycles. The molecule has 2 rings (SSSR count). The molecular formula is C15H22ClN3O3. The second kappa shape index (κ2) is 8.31. The predicted octanol–water partition coefficient (Wildman–Crippen LogP) is 1.46. The van der Waals surface area contributed by atoms with Crippen molar-refractivity contribution in [3.63, 3.8) is 0 Å². The number of aliphatic hydroxyl groups is 1. The number of methoxy groups -OCH3 is 1. The van der Waals surface area contributed by atoms with Gasteiger partial charge in [-0.3, -0.25) is 4.79 Å². The van der Waals surface area contributed by atoms with Crippen LogP contribution in [0.15, 0.2) is 12.1 Å². The summed E-state index contributed by atoms with van der Waals surface area (Å²) in [4.78, 5) is 18.7. The van der Waals surface area contributed by atoms with Gasteiger partial charge in [0.25, 0.3) is 5.91 Å². The van der Waals surface area contributed by atoms with Gasteiger partial charge in [-0.2, -0.15) is 0 Å². The molecular weight excluding hydrogens is 306 g/mol. The third-order valence-electron chi connectivity index (χ3n) is 3.70. The lowest BCUT2D eigenvalue weighted by atomic mass is 10.2. The SMILES string of the molecule is COCC[C@H](CO)NC(=O)c1cc(Cl)nc(N2CCCC2)c1. The summed E-state index contributed by atoms with van der Waals surface area (Å²) >= 11 is 6.04. The molecule has 0 aromatic carbocycles. The summed E-state index contributed by atoms with van der Waals surface area (Å²) < 4.78 is 4.97. The van der Waals surface area contributed by atoms with Gasteiger partial charge in [0.15, 0.2) is 0 Å². The number of rotatable bonds is 7. The first kappa shape index (κ1) is 17.0. The highest BCUT2D eigenvalue weighted by atomic mass is 35.5. The number of aliphatic hydroxyl groups excluding tert-OH is 1. The highest BCUT2D eigenvalue weighted by Gasteiger charge is 2.18. The van der Waals surface area contributed by atoms with Crippen molar-refractivity contribution in [2.45, 2.75) is 25.3 Å². The molecule has 122 valence electrons. The molecule has 7 heteroatoms. The molecule has 1 aliphatic rings. The molecule has 2 N–H and O–H groups in total. The second-order valence-corrected chi connectivity index (χ2v) is 5.75. The molecule has 0 aliphatic carbocycles. The normalized spacial score (nSPS) is 15.9. The Morgan fingerprint density at radius 2 is 2.23 bits per heavy atom. The Balaban J connectivity index is 2.08. The fourth-order valence-corrected chi connectivity index (χ4v) is 2.66. The van der Waals surface area contributed by atoms with Crippen molar-refractivity contribution in [3.05, 3.63) is 22.8 Å². The van der Waals surface area contributed by atoms with Gasteiger partial charge in [0, 0.05) is 32.4 Å². The molecule has 1 atom stereocenters. The van der Waals surface area contributed by atoms with Gasteiger partial charge < -0.3 is 20.1 Å². The van der Waals surface area contributed by atoms with Gasteiger partial charge in [0.1, 0.15) is 11.0 Å². The van der Waals surface area contributed by atoms with Crippen LogP contribution in [0.5, 0.6) is 0 Å². The van der Waals surface area contributed by atoms with Crippen LogP contribution >= 0.6 is 11.6 Å². The minimum absolute atomic E-state index is 0.132. The van der Waals surface area contributed by atoms with Gasteiger partial charge in [-0.05, 0) is 31.4 Å². The first-order valence-electron chi connectivity index (χ1n) is 7.47. The largest absolute Gasteiger partial charge is 0.394 e. The maximum absolute atomic E-state index is 12.3. The van der Waals surface area contributed by atoms with Crippen molar-refractivity contribution in [1.82, 2.24) is 10.3 Å². The van der Waals surface area contributed by atoms with Crippen LogP contribution in [0, 0.1) is 0 Å². The van der Waals surface area contributed by atoms with Crippen LogP contribution in [-0.2, 0) is 4.74 Å². The van der Waals surface area contributed by atoms with Crippen molar-refractivity contribution in [2.24, 2.45) is 0 Å². The molecule has 1 amide bonds. The van der Waals surface area contributed by atoms with Crippen molar-refractivity contribution >= 4 is 23.3 Å². The van der Waals surface area contributed by atoms with Gasteiger partial charge >= 0.3 is 0 Å². The Morgan fingerprint density at radius 1 is 1.50 bits per heavy atom. The number of halogens is 1. The van der Waals surface area contributed by atoms with E-state index in [1.165, 1.54) is 0 Å². The fraction of sp³-hybridized carbons (Fsp3) is 0.600. The van der Waals surface area contributed by atoms with E-state index in [1.807, 2.05) is 0 Å². The molecule has 0 unspecified atom stereocenters. The van der Waals surface area contributed by atoms with E-state index in [2.05, 4.69) is 15.2 Å². The Hall–Kier alpha value is -1.37. The molecule has 0 radical (unpaired) electrons. The van der Waals surface area contributed by atoms with Crippen LogP contribution < -0.4 is 10.2 Å². The number of ether oxygens (including phenoxy) is 1. The van der Waals surface area contributed by atoms with Gasteiger partial charge in [0.2, 0.25) is 0 Å². The molecule has 2 heterocycles. The zero-order valence-corrected chi connectivity index (χ0v) is 13.5. The zero-order chi connectivity index (χ0) is 15.9. The van der Waals surface area contributed by atoms with E-state index in [-0.39, 0.29) is 18.6 Å². The Labute approximate surface area is 135 Å². The predicted molar refractivity (Wildman–Crippen MR) is 85.5 cm³/mol. The van der Waals surface area contributed by atoms with Gasteiger partial charge in [-0.25, -0.2) is 4.98 Å². The summed E-state index contributed by atoms with van der Waals surface area (Å²) in [7, 11) is 1.58. The van der Waals surface area contributed by atoms with E-state index in [0.29, 0.717) is 23.7 Å². The minimum atomic E-state index is -0.338. The summed E-state index contributed by atoms with van der Waals surface area (Å²) in [5, 5.41) is 12.4. The van der Waals surface area contributed by atoms with Crippen LogP contribution in [0.25, 0.3) is 0 Å². The van der Waals surface area contributed by atoms with Crippen molar-refractivity contribution in [1.29, 1.82) is 0 Å². The molecule has 1 saturated heterocycles. The van der Waals surface area contributed by atoms with Gasteiger partial charge in [-0.15, -0.1) is 0 Å². The van der Waals surface area contributed by atoms with Crippen LogP contribution in [0.2, 0.25) is 5.15 Å². The van der Waals surface area contributed by atoms with E-state index >= 15 is 0 Å². The monoisotopic (exact) mass is 327 g/mol. The number of amides is 1. The summed E-state index contributed by atoms with van der Waals surface area (Å²) in [6.07, 6.45) is 2.80. The molecule has 1 aromatic rings. The van der Waals surface area contributed by atoms with Crippen LogP contribution in [-0.4, -0.2) is 55.5 Å². The Kier molecular flexibility index (Phi) is 6.42. The molecule has 6 nitrogen and oxygen atoms in total. The first-order chi connectivity index (χ1) is 10.6. The van der Waals surface area contributed by atoms with E-state index in [0.717, 1.165) is 31.7 Å². The van der Waals surface area contributed by atoms with E-state index in [9.17, 15) is 9.90 Å². The Morgan fingerprint density at radius 3 is 2.86 bits per heavy atom. The van der Waals surface area contributed by atoms with Crippen LogP contribution in [0.3, 0.4) is 0 Å². The number of carbonyl (C=O) groups is 1. The van der Waals surface area contributed by atoms with E-state index < -0.39 is 0 Å². The van der Waals surface area contributed by atoms with E-state index in [4.69, 9.17) is 16.3 Å². The summed E-state index contributed by atoms with van der Waals surface area (Å²) in [5.41, 5.74) is 0.456. The first-order valence-corrected chi connectivity index (χ1v) is 7.85. The lowest BCUT2D eigenvalue weighted by Crippen LogP contribution is -2.38.